The molecule has 0 amide bonds. The van der Waals surface area contributed by atoms with Crippen LogP contribution in [0.3, 0.4) is 0 Å². The predicted molar refractivity (Wildman–Crippen MR) is 83.9 cm³/mol. The highest BCUT2D eigenvalue weighted by atomic mass is 127. The Morgan fingerprint density at radius 3 is 2.59 bits per heavy atom. The number of hydrogen-bond donors (Lipinski definition) is 1. The van der Waals surface area contributed by atoms with Gasteiger partial charge in [-0.25, -0.2) is 0 Å². The molecule has 1 atom stereocenters. The molecule has 2 rings (SSSR count). The van der Waals surface area contributed by atoms with Crippen LogP contribution in [0.2, 0.25) is 0 Å². The summed E-state index contributed by atoms with van der Waals surface area (Å²) >= 11 is 5.79. The normalized spacial score (nSPS) is 12.4. The Morgan fingerprint density at radius 2 is 1.88 bits per heavy atom. The van der Waals surface area contributed by atoms with Crippen LogP contribution in [0.1, 0.15) is 17.2 Å². The van der Waals surface area contributed by atoms with E-state index in [1.165, 1.54) is 14.7 Å². The highest BCUT2D eigenvalue weighted by Crippen LogP contribution is 2.20. The molecular formula is C14H13BrIN. The average molecular weight is 402 g/mol. The highest BCUT2D eigenvalue weighted by Gasteiger charge is 2.07. The smallest absolute Gasteiger partial charge is 0.0336 e. The maximum atomic E-state index is 6.23. The summed E-state index contributed by atoms with van der Waals surface area (Å²) in [5, 5.41) is 0. The minimum atomic E-state index is 0.0546. The second kappa shape index (κ2) is 5.98. The van der Waals surface area contributed by atoms with Crippen molar-refractivity contribution in [3.63, 3.8) is 0 Å². The third kappa shape index (κ3) is 3.79. The van der Waals surface area contributed by atoms with Crippen molar-refractivity contribution in [3.8, 4) is 0 Å². The average Bonchev–Trinajstić information content (AvgIpc) is 2.29. The molecule has 0 aliphatic carbocycles. The van der Waals surface area contributed by atoms with Crippen LogP contribution in [0.25, 0.3) is 0 Å². The molecule has 88 valence electrons. The van der Waals surface area contributed by atoms with Gasteiger partial charge in [0.15, 0.2) is 0 Å². The molecule has 0 fully saturated rings. The summed E-state index contributed by atoms with van der Waals surface area (Å²) in [6.45, 7) is 0. The van der Waals surface area contributed by atoms with Gasteiger partial charge in [0.25, 0.3) is 0 Å². The zero-order valence-corrected chi connectivity index (χ0v) is 13.0. The van der Waals surface area contributed by atoms with Gasteiger partial charge in [0.1, 0.15) is 0 Å². The van der Waals surface area contributed by atoms with Crippen molar-refractivity contribution < 1.29 is 0 Å². The van der Waals surface area contributed by atoms with Crippen molar-refractivity contribution in [3.05, 3.63) is 67.7 Å². The lowest BCUT2D eigenvalue weighted by Gasteiger charge is -2.12. The molecule has 0 heterocycles. The molecule has 2 aromatic carbocycles. The van der Waals surface area contributed by atoms with E-state index in [-0.39, 0.29) is 6.04 Å². The van der Waals surface area contributed by atoms with Gasteiger partial charge in [-0.1, -0.05) is 40.2 Å². The number of hydrogen-bond acceptors (Lipinski definition) is 1. The lowest BCUT2D eigenvalue weighted by Crippen LogP contribution is -2.13. The van der Waals surface area contributed by atoms with E-state index >= 15 is 0 Å². The van der Waals surface area contributed by atoms with Gasteiger partial charge in [-0.3, -0.25) is 0 Å². The molecule has 3 heteroatoms. The summed E-state index contributed by atoms with van der Waals surface area (Å²) in [7, 11) is 0. The van der Waals surface area contributed by atoms with Crippen molar-refractivity contribution in [1.82, 2.24) is 0 Å². The zero-order chi connectivity index (χ0) is 12.3. The van der Waals surface area contributed by atoms with Crippen molar-refractivity contribution in [2.45, 2.75) is 12.5 Å². The first-order chi connectivity index (χ1) is 8.15. The van der Waals surface area contributed by atoms with Gasteiger partial charge in [0, 0.05) is 14.1 Å². The van der Waals surface area contributed by atoms with Crippen LogP contribution in [0.4, 0.5) is 0 Å². The Morgan fingerprint density at radius 1 is 1.12 bits per heavy atom. The summed E-state index contributed by atoms with van der Waals surface area (Å²) in [6.07, 6.45) is 0.861. The molecule has 2 aromatic rings. The summed E-state index contributed by atoms with van der Waals surface area (Å²) < 4.78 is 2.33. The summed E-state index contributed by atoms with van der Waals surface area (Å²) in [5.41, 5.74) is 8.67. The largest absolute Gasteiger partial charge is 0.324 e. The van der Waals surface area contributed by atoms with Crippen molar-refractivity contribution in [2.24, 2.45) is 5.73 Å². The SMILES string of the molecule is NC(Cc1cccc(Br)c1)c1cccc(I)c1. The molecule has 0 saturated carbocycles. The van der Waals surface area contributed by atoms with Crippen LogP contribution >= 0.6 is 38.5 Å². The fourth-order valence-electron chi connectivity index (χ4n) is 1.77. The minimum absolute atomic E-state index is 0.0546. The Hall–Kier alpha value is -0.390. The highest BCUT2D eigenvalue weighted by molar-refractivity contribution is 14.1. The van der Waals surface area contributed by atoms with E-state index < -0.39 is 0 Å². The van der Waals surface area contributed by atoms with Gasteiger partial charge in [-0.05, 0) is 64.4 Å². The summed E-state index contributed by atoms with van der Waals surface area (Å²) in [4.78, 5) is 0. The Kier molecular flexibility index (Phi) is 4.59. The van der Waals surface area contributed by atoms with Crippen LogP contribution in [0, 0.1) is 3.57 Å². The van der Waals surface area contributed by atoms with Crippen LogP contribution < -0.4 is 5.73 Å². The predicted octanol–water partition coefficient (Wildman–Crippen LogP) is 4.30. The van der Waals surface area contributed by atoms with E-state index in [4.69, 9.17) is 5.73 Å². The second-order valence-corrected chi connectivity index (χ2v) is 6.16. The Bertz CT molecular complexity index is 513. The molecule has 0 aliphatic rings. The molecule has 0 saturated heterocycles. The fraction of sp³-hybridized carbons (Fsp3) is 0.143. The van der Waals surface area contributed by atoms with Crippen LogP contribution in [-0.2, 0) is 6.42 Å². The molecule has 0 radical (unpaired) electrons. The molecule has 0 aromatic heterocycles. The molecule has 2 N–H and O–H groups in total. The maximum absolute atomic E-state index is 6.23. The number of benzene rings is 2. The topological polar surface area (TPSA) is 26.0 Å². The van der Waals surface area contributed by atoms with E-state index in [2.05, 4.69) is 74.9 Å². The van der Waals surface area contributed by atoms with Gasteiger partial charge in [-0.2, -0.15) is 0 Å². The lowest BCUT2D eigenvalue weighted by molar-refractivity contribution is 0.721. The molecule has 0 bridgehead atoms. The fourth-order valence-corrected chi connectivity index (χ4v) is 2.79. The van der Waals surface area contributed by atoms with Crippen molar-refractivity contribution >= 4 is 38.5 Å². The Balaban J connectivity index is 2.14. The third-order valence-electron chi connectivity index (χ3n) is 2.62. The Labute approximate surface area is 124 Å². The van der Waals surface area contributed by atoms with E-state index in [1.807, 2.05) is 12.1 Å². The molecule has 1 unspecified atom stereocenters. The molecule has 0 aliphatic heterocycles. The standard InChI is InChI=1S/C14H13BrIN/c15-12-5-1-3-10(7-12)8-14(17)11-4-2-6-13(16)9-11/h1-7,9,14H,8,17H2. The molecule has 17 heavy (non-hydrogen) atoms. The van der Waals surface area contributed by atoms with Crippen molar-refractivity contribution in [1.29, 1.82) is 0 Å². The van der Waals surface area contributed by atoms with E-state index in [0.29, 0.717) is 0 Å². The molecule has 0 spiro atoms. The number of halogens is 2. The number of nitrogens with two attached hydrogens (primary N) is 1. The first-order valence-corrected chi connectivity index (χ1v) is 7.28. The van der Waals surface area contributed by atoms with Gasteiger partial charge >= 0.3 is 0 Å². The summed E-state index contributed by atoms with van der Waals surface area (Å²) in [6, 6.07) is 16.7. The summed E-state index contributed by atoms with van der Waals surface area (Å²) in [5.74, 6) is 0. The van der Waals surface area contributed by atoms with Crippen LogP contribution in [-0.4, -0.2) is 0 Å². The first-order valence-electron chi connectivity index (χ1n) is 5.40. The lowest BCUT2D eigenvalue weighted by atomic mass is 10.00. The zero-order valence-electron chi connectivity index (χ0n) is 9.24. The molecule has 1 nitrogen and oxygen atoms in total. The van der Waals surface area contributed by atoms with Gasteiger partial charge in [0.2, 0.25) is 0 Å². The maximum Gasteiger partial charge on any atom is 0.0336 e. The first kappa shape index (κ1) is 13.1. The number of rotatable bonds is 3. The van der Waals surface area contributed by atoms with E-state index in [0.717, 1.165) is 10.9 Å². The second-order valence-electron chi connectivity index (χ2n) is 4.00. The monoisotopic (exact) mass is 401 g/mol. The molecular weight excluding hydrogens is 389 g/mol. The quantitative estimate of drug-likeness (QED) is 0.762. The third-order valence-corrected chi connectivity index (χ3v) is 3.79. The van der Waals surface area contributed by atoms with Gasteiger partial charge < -0.3 is 5.73 Å². The van der Waals surface area contributed by atoms with Crippen molar-refractivity contribution in [2.75, 3.05) is 0 Å². The minimum Gasteiger partial charge on any atom is -0.324 e. The van der Waals surface area contributed by atoms with Crippen LogP contribution in [0.5, 0.6) is 0 Å². The van der Waals surface area contributed by atoms with Gasteiger partial charge in [-0.15, -0.1) is 0 Å². The van der Waals surface area contributed by atoms with Gasteiger partial charge in [0.05, 0.1) is 0 Å². The van der Waals surface area contributed by atoms with Crippen LogP contribution in [0.15, 0.2) is 53.0 Å². The van der Waals surface area contributed by atoms with E-state index in [9.17, 15) is 0 Å². The van der Waals surface area contributed by atoms with E-state index in [1.54, 1.807) is 0 Å².